The first kappa shape index (κ1) is 29.9. The summed E-state index contributed by atoms with van der Waals surface area (Å²) < 4.78 is 29.9. The molecular weight excluding hydrogens is 542 g/mol. The zero-order valence-corrected chi connectivity index (χ0v) is 24.0. The second-order valence-corrected chi connectivity index (χ2v) is 11.5. The van der Waals surface area contributed by atoms with Gasteiger partial charge in [0.25, 0.3) is 5.56 Å². The molecule has 2 aromatic heterocycles. The summed E-state index contributed by atoms with van der Waals surface area (Å²) in [6, 6.07) is 14.1. The lowest BCUT2D eigenvalue weighted by molar-refractivity contribution is 0.540. The van der Waals surface area contributed by atoms with E-state index in [2.05, 4.69) is 30.3 Å². The summed E-state index contributed by atoms with van der Waals surface area (Å²) >= 11 is 0. The van der Waals surface area contributed by atoms with Crippen LogP contribution in [0.25, 0.3) is 28.2 Å². The maximum Gasteiger partial charge on any atom is 0.260 e. The minimum atomic E-state index is -3.64. The Morgan fingerprint density at radius 1 is 1.05 bits per heavy atom. The molecule has 2 aromatic carbocycles. The number of fused-ring (bicyclic) bond motifs is 1. The van der Waals surface area contributed by atoms with Gasteiger partial charge in [-0.1, -0.05) is 36.4 Å². The quantitative estimate of drug-likeness (QED) is 0.0735. The smallest absolute Gasteiger partial charge is 0.260 e. The van der Waals surface area contributed by atoms with E-state index in [-0.39, 0.29) is 22.5 Å². The number of hydrogen-bond acceptors (Lipinski definition) is 7. The maximum absolute atomic E-state index is 12.9. The van der Waals surface area contributed by atoms with Crippen LogP contribution in [-0.2, 0) is 16.6 Å². The maximum atomic E-state index is 12.9. The van der Waals surface area contributed by atoms with Crippen LogP contribution >= 0.6 is 0 Å². The van der Waals surface area contributed by atoms with E-state index in [1.807, 2.05) is 38.2 Å². The van der Waals surface area contributed by atoms with E-state index in [1.165, 1.54) is 0 Å². The van der Waals surface area contributed by atoms with Crippen molar-refractivity contribution in [1.82, 2.24) is 29.7 Å². The fourth-order valence-electron chi connectivity index (χ4n) is 4.30. The van der Waals surface area contributed by atoms with Crippen LogP contribution in [0, 0.1) is 0 Å². The van der Waals surface area contributed by atoms with Crippen LogP contribution in [-0.4, -0.2) is 61.5 Å². The van der Waals surface area contributed by atoms with Crippen molar-refractivity contribution in [2.24, 2.45) is 16.5 Å². The molecule has 218 valence electrons. The fourth-order valence-corrected chi connectivity index (χ4v) is 5.58. The molecule has 4 aromatic rings. The summed E-state index contributed by atoms with van der Waals surface area (Å²) in [6.45, 7) is 4.60. The third-order valence-electron chi connectivity index (χ3n) is 6.51. The Bertz CT molecular complexity index is 1640. The van der Waals surface area contributed by atoms with Gasteiger partial charge in [0.2, 0.25) is 15.8 Å². The van der Waals surface area contributed by atoms with Crippen LogP contribution < -0.4 is 32.4 Å². The second kappa shape index (κ2) is 13.5. The van der Waals surface area contributed by atoms with Gasteiger partial charge in [0.15, 0.2) is 5.96 Å². The Morgan fingerprint density at radius 2 is 1.76 bits per heavy atom. The molecule has 0 radical (unpaired) electrons. The van der Waals surface area contributed by atoms with Crippen LogP contribution in [0.1, 0.15) is 25.3 Å². The highest BCUT2D eigenvalue weighted by Gasteiger charge is 2.18. The van der Waals surface area contributed by atoms with Gasteiger partial charge < -0.3 is 22.1 Å². The number of hydrogen-bond donors (Lipinski definition) is 6. The number of H-pyrrole nitrogens is 1. The van der Waals surface area contributed by atoms with E-state index in [0.29, 0.717) is 43.1 Å². The highest BCUT2D eigenvalue weighted by atomic mass is 32.2. The molecular formula is C28H37N9O3S. The summed E-state index contributed by atoms with van der Waals surface area (Å²) in [5.74, 6) is 0.494. The number of rotatable bonds is 14. The number of guanidine groups is 1. The molecule has 12 nitrogen and oxygen atoms in total. The number of aliphatic imine (C=N–C) groups is 1. The highest BCUT2D eigenvalue weighted by molar-refractivity contribution is 7.89. The molecule has 0 saturated heterocycles. The lowest BCUT2D eigenvalue weighted by Gasteiger charge is -2.14. The average Bonchev–Trinajstić information content (AvgIpc) is 3.36. The molecule has 8 N–H and O–H groups in total. The van der Waals surface area contributed by atoms with Crippen LogP contribution in [0.2, 0.25) is 0 Å². The molecule has 0 bridgehead atoms. The normalized spacial score (nSPS) is 12.4. The van der Waals surface area contributed by atoms with Gasteiger partial charge >= 0.3 is 0 Å². The third kappa shape index (κ3) is 8.01. The predicted molar refractivity (Wildman–Crippen MR) is 162 cm³/mol. The van der Waals surface area contributed by atoms with Crippen molar-refractivity contribution in [3.05, 3.63) is 76.8 Å². The van der Waals surface area contributed by atoms with E-state index in [0.717, 1.165) is 29.7 Å². The van der Waals surface area contributed by atoms with Gasteiger partial charge in [-0.15, -0.1) is 0 Å². The minimum absolute atomic E-state index is 0.0988. The molecule has 0 spiro atoms. The van der Waals surface area contributed by atoms with Gasteiger partial charge in [0.05, 0.1) is 16.2 Å². The Kier molecular flexibility index (Phi) is 9.89. The van der Waals surface area contributed by atoms with Gasteiger partial charge in [-0.25, -0.2) is 18.1 Å². The Morgan fingerprint density at radius 3 is 2.44 bits per heavy atom. The molecule has 0 saturated carbocycles. The van der Waals surface area contributed by atoms with Gasteiger partial charge in [0, 0.05) is 37.1 Å². The van der Waals surface area contributed by atoms with Crippen molar-refractivity contribution in [3.63, 3.8) is 0 Å². The molecule has 0 aliphatic heterocycles. The Balaban J connectivity index is 1.44. The molecule has 1 unspecified atom stereocenters. The van der Waals surface area contributed by atoms with Crippen molar-refractivity contribution in [1.29, 1.82) is 0 Å². The number of nitrogens with two attached hydrogens (primary N) is 2. The molecule has 0 aliphatic carbocycles. The first-order valence-electron chi connectivity index (χ1n) is 13.4. The molecule has 4 rings (SSSR count). The van der Waals surface area contributed by atoms with Gasteiger partial charge in [-0.3, -0.25) is 19.2 Å². The summed E-state index contributed by atoms with van der Waals surface area (Å²) in [4.78, 5) is 24.4. The molecule has 0 aliphatic rings. The highest BCUT2D eigenvalue weighted by Crippen LogP contribution is 2.22. The SMILES string of the molecule is CNCCC(C)NS(=O)(=O)c1ccc(-c2cn3cc(-c4ccc(CNCCCN=C(N)N)cc4)c(=O)[nH]c3n2)cc1. The standard InChI is InChI=1S/C28H37N9O3S/c1-19(12-15-31-2)36-41(39,40)23-10-8-22(9-11-23)25-18-37-17-24(26(38)35-28(37)34-25)21-6-4-20(5-7-21)16-32-13-3-14-33-27(29)30/h4-11,17-19,31-32,36H,3,12-16H2,1-2H3,(H4,29,30,33)(H,34,35,38). The van der Waals surface area contributed by atoms with Crippen molar-refractivity contribution in [3.8, 4) is 22.4 Å². The Hall–Kier alpha value is -4.04. The largest absolute Gasteiger partial charge is 0.370 e. The van der Waals surface area contributed by atoms with E-state index >= 15 is 0 Å². The molecule has 0 fully saturated rings. The molecule has 41 heavy (non-hydrogen) atoms. The van der Waals surface area contributed by atoms with Crippen LogP contribution in [0.3, 0.4) is 0 Å². The van der Waals surface area contributed by atoms with Crippen molar-refractivity contribution < 1.29 is 8.42 Å². The fraction of sp³-hybridized carbons (Fsp3) is 0.321. The van der Waals surface area contributed by atoms with E-state index in [9.17, 15) is 13.2 Å². The first-order chi connectivity index (χ1) is 19.7. The lowest BCUT2D eigenvalue weighted by Crippen LogP contribution is -2.34. The first-order valence-corrected chi connectivity index (χ1v) is 14.9. The summed E-state index contributed by atoms with van der Waals surface area (Å²) in [5.41, 5.74) is 14.1. The monoisotopic (exact) mass is 579 g/mol. The molecule has 13 heteroatoms. The van der Waals surface area contributed by atoms with Gasteiger partial charge in [0.1, 0.15) is 0 Å². The summed E-state index contributed by atoms with van der Waals surface area (Å²) in [5, 5.41) is 6.36. The summed E-state index contributed by atoms with van der Waals surface area (Å²) in [7, 11) is -1.81. The number of aromatic amines is 1. The number of sulfonamides is 1. The predicted octanol–water partition coefficient (Wildman–Crippen LogP) is 1.39. The van der Waals surface area contributed by atoms with E-state index in [1.54, 1.807) is 41.1 Å². The van der Waals surface area contributed by atoms with Crippen molar-refractivity contribution in [2.75, 3.05) is 26.7 Å². The number of aromatic nitrogens is 3. The molecule has 2 heterocycles. The van der Waals surface area contributed by atoms with Crippen molar-refractivity contribution in [2.45, 2.75) is 37.2 Å². The summed E-state index contributed by atoms with van der Waals surface area (Å²) in [6.07, 6.45) is 5.06. The minimum Gasteiger partial charge on any atom is -0.370 e. The zero-order chi connectivity index (χ0) is 29.4. The van der Waals surface area contributed by atoms with E-state index in [4.69, 9.17) is 11.5 Å². The number of imidazole rings is 1. The van der Waals surface area contributed by atoms with Crippen molar-refractivity contribution >= 4 is 21.8 Å². The third-order valence-corrected chi connectivity index (χ3v) is 8.12. The van der Waals surface area contributed by atoms with Crippen LogP contribution in [0.4, 0.5) is 0 Å². The van der Waals surface area contributed by atoms with Gasteiger partial charge in [-0.2, -0.15) is 0 Å². The lowest BCUT2D eigenvalue weighted by atomic mass is 10.1. The van der Waals surface area contributed by atoms with E-state index < -0.39 is 10.0 Å². The number of benzene rings is 2. The molecule has 1 atom stereocenters. The number of nitrogens with one attached hydrogen (secondary N) is 4. The number of nitrogens with zero attached hydrogens (tertiary/aromatic N) is 3. The van der Waals surface area contributed by atoms with Gasteiger partial charge in [-0.05, 0) is 63.2 Å². The molecule has 0 amide bonds. The van der Waals surface area contributed by atoms with Crippen LogP contribution in [0.5, 0.6) is 0 Å². The Labute approximate surface area is 239 Å². The van der Waals surface area contributed by atoms with Crippen LogP contribution in [0.15, 0.2) is 75.6 Å². The average molecular weight is 580 g/mol. The second-order valence-electron chi connectivity index (χ2n) is 9.83. The zero-order valence-electron chi connectivity index (χ0n) is 23.2. The topological polar surface area (TPSA) is 185 Å².